The maximum absolute atomic E-state index is 12.8. The van der Waals surface area contributed by atoms with Crippen LogP contribution >= 0.6 is 0 Å². The van der Waals surface area contributed by atoms with Gasteiger partial charge in [0.25, 0.3) is 0 Å². The van der Waals surface area contributed by atoms with Gasteiger partial charge in [0.15, 0.2) is 5.82 Å². The molecule has 0 bridgehead atoms. The molecule has 4 rings (SSSR count). The summed E-state index contributed by atoms with van der Waals surface area (Å²) in [5.74, 6) is 0.769. The van der Waals surface area contributed by atoms with E-state index in [4.69, 9.17) is 0 Å². The Labute approximate surface area is 135 Å². The first-order valence-corrected chi connectivity index (χ1v) is 8.75. The lowest BCUT2D eigenvalue weighted by Gasteiger charge is -2.30. The maximum atomic E-state index is 12.8. The van der Waals surface area contributed by atoms with Crippen molar-refractivity contribution in [1.29, 1.82) is 0 Å². The van der Waals surface area contributed by atoms with Crippen LogP contribution in [0.4, 0.5) is 4.79 Å². The van der Waals surface area contributed by atoms with Crippen molar-refractivity contribution in [2.24, 2.45) is 0 Å². The molecule has 1 aliphatic heterocycles. The molecular formula is C15H24N6O2. The third-order valence-electron chi connectivity index (χ3n) is 5.34. The Balaban J connectivity index is 1.54. The van der Waals surface area contributed by atoms with Crippen LogP contribution in [0.25, 0.3) is 0 Å². The monoisotopic (exact) mass is 320 g/mol. The van der Waals surface area contributed by atoms with E-state index in [0.717, 1.165) is 44.3 Å². The van der Waals surface area contributed by atoms with Gasteiger partial charge in [-0.1, -0.05) is 12.8 Å². The molecule has 1 aromatic rings. The molecule has 0 spiro atoms. The van der Waals surface area contributed by atoms with Gasteiger partial charge in [-0.05, 0) is 49.0 Å². The number of aliphatic hydroxyl groups is 1. The first kappa shape index (κ1) is 14.9. The second-order valence-corrected chi connectivity index (χ2v) is 6.98. The van der Waals surface area contributed by atoms with E-state index >= 15 is 0 Å². The third-order valence-corrected chi connectivity index (χ3v) is 5.34. The Bertz CT molecular complexity index is 566. The van der Waals surface area contributed by atoms with Crippen LogP contribution < -0.4 is 5.32 Å². The van der Waals surface area contributed by atoms with Crippen molar-refractivity contribution in [1.82, 2.24) is 30.4 Å². The van der Waals surface area contributed by atoms with Crippen molar-refractivity contribution >= 4 is 6.03 Å². The van der Waals surface area contributed by atoms with Crippen LogP contribution in [0.1, 0.15) is 69.3 Å². The van der Waals surface area contributed by atoms with E-state index in [1.165, 1.54) is 12.8 Å². The Morgan fingerprint density at radius 2 is 1.96 bits per heavy atom. The summed E-state index contributed by atoms with van der Waals surface area (Å²) in [6, 6.07) is 0.286. The number of nitrogens with one attached hydrogen (secondary N) is 1. The first-order valence-electron chi connectivity index (χ1n) is 8.75. The van der Waals surface area contributed by atoms with Crippen molar-refractivity contribution in [3.05, 3.63) is 5.82 Å². The van der Waals surface area contributed by atoms with Gasteiger partial charge in [-0.3, -0.25) is 0 Å². The lowest BCUT2D eigenvalue weighted by Crippen LogP contribution is -2.48. The number of rotatable bonds is 4. The molecule has 8 nitrogen and oxygen atoms in total. The van der Waals surface area contributed by atoms with E-state index in [-0.39, 0.29) is 30.8 Å². The highest BCUT2D eigenvalue weighted by Crippen LogP contribution is 2.40. The van der Waals surface area contributed by atoms with Crippen LogP contribution in [-0.2, 0) is 0 Å². The molecule has 1 saturated heterocycles. The molecule has 126 valence electrons. The standard InChI is InChI=1S/C15H24N6O2/c22-9-12-7-8-13(14-17-18-19-21(14)11-5-6-11)20(12)15(23)16-10-3-1-2-4-10/h10-13,22H,1-9H2,(H,16,23)/t12-,13-/m0/s1. The molecule has 0 unspecified atom stereocenters. The van der Waals surface area contributed by atoms with Gasteiger partial charge in [-0.2, -0.15) is 0 Å². The predicted molar refractivity (Wildman–Crippen MR) is 81.6 cm³/mol. The second kappa shape index (κ2) is 6.07. The lowest BCUT2D eigenvalue weighted by atomic mass is 10.2. The minimum Gasteiger partial charge on any atom is -0.394 e. The molecule has 0 radical (unpaired) electrons. The predicted octanol–water partition coefficient (Wildman–Crippen LogP) is 1.16. The number of urea groups is 1. The Hall–Kier alpha value is -1.70. The Kier molecular flexibility index (Phi) is 3.92. The molecular weight excluding hydrogens is 296 g/mol. The largest absolute Gasteiger partial charge is 0.394 e. The first-order chi connectivity index (χ1) is 11.3. The minimum atomic E-state index is -0.147. The van der Waals surface area contributed by atoms with Crippen LogP contribution in [0.2, 0.25) is 0 Å². The summed E-state index contributed by atoms with van der Waals surface area (Å²) in [5, 5.41) is 24.9. The van der Waals surface area contributed by atoms with E-state index in [9.17, 15) is 9.90 Å². The van der Waals surface area contributed by atoms with Crippen LogP contribution in [0.3, 0.4) is 0 Å². The fraction of sp³-hybridized carbons (Fsp3) is 0.867. The quantitative estimate of drug-likeness (QED) is 0.868. The van der Waals surface area contributed by atoms with Crippen molar-refractivity contribution in [3.8, 4) is 0 Å². The summed E-state index contributed by atoms with van der Waals surface area (Å²) in [4.78, 5) is 14.6. The van der Waals surface area contributed by atoms with Gasteiger partial charge in [0.2, 0.25) is 0 Å². The van der Waals surface area contributed by atoms with Crippen LogP contribution in [0.15, 0.2) is 0 Å². The summed E-state index contributed by atoms with van der Waals surface area (Å²) in [6.45, 7) is -0.0143. The average molecular weight is 320 g/mol. The van der Waals surface area contributed by atoms with E-state index in [2.05, 4.69) is 20.8 Å². The number of amides is 2. The number of hydrogen-bond acceptors (Lipinski definition) is 5. The molecule has 1 aromatic heterocycles. The normalized spacial score (nSPS) is 28.5. The fourth-order valence-corrected chi connectivity index (χ4v) is 3.94. The molecule has 3 aliphatic rings. The molecule has 2 heterocycles. The van der Waals surface area contributed by atoms with E-state index in [1.807, 2.05) is 4.68 Å². The molecule has 2 amide bonds. The van der Waals surface area contributed by atoms with Gasteiger partial charge in [0, 0.05) is 6.04 Å². The number of aromatic nitrogens is 4. The SMILES string of the molecule is O=C(NC1CCCC1)N1[C@H](CO)CC[C@H]1c1nnnn1C1CC1. The van der Waals surface area contributed by atoms with Crippen LogP contribution in [0.5, 0.6) is 0 Å². The zero-order valence-corrected chi connectivity index (χ0v) is 13.3. The highest BCUT2D eigenvalue weighted by molar-refractivity contribution is 5.75. The smallest absolute Gasteiger partial charge is 0.318 e. The van der Waals surface area contributed by atoms with Gasteiger partial charge < -0.3 is 15.3 Å². The number of carbonyl (C=O) groups excluding carboxylic acids is 1. The minimum absolute atomic E-state index is 0.0143. The van der Waals surface area contributed by atoms with Crippen molar-refractivity contribution in [2.45, 2.75) is 75.5 Å². The molecule has 8 heteroatoms. The van der Waals surface area contributed by atoms with Crippen molar-refractivity contribution in [3.63, 3.8) is 0 Å². The molecule has 23 heavy (non-hydrogen) atoms. The third kappa shape index (κ3) is 2.80. The summed E-state index contributed by atoms with van der Waals surface area (Å²) in [5.41, 5.74) is 0. The second-order valence-electron chi connectivity index (χ2n) is 6.98. The number of tetrazole rings is 1. The van der Waals surface area contributed by atoms with E-state index < -0.39 is 0 Å². The van der Waals surface area contributed by atoms with Gasteiger partial charge in [-0.15, -0.1) is 5.10 Å². The van der Waals surface area contributed by atoms with Crippen molar-refractivity contribution < 1.29 is 9.90 Å². The number of hydrogen-bond donors (Lipinski definition) is 2. The molecule has 2 saturated carbocycles. The van der Waals surface area contributed by atoms with Gasteiger partial charge in [0.05, 0.1) is 24.7 Å². The Morgan fingerprint density at radius 3 is 2.65 bits per heavy atom. The van der Waals surface area contributed by atoms with Gasteiger partial charge in [0.1, 0.15) is 0 Å². The number of aliphatic hydroxyl groups excluding tert-OH is 1. The van der Waals surface area contributed by atoms with Crippen LogP contribution in [-0.4, -0.2) is 54.9 Å². The number of nitrogens with zero attached hydrogens (tertiary/aromatic N) is 5. The van der Waals surface area contributed by atoms with Crippen LogP contribution in [0, 0.1) is 0 Å². The number of likely N-dealkylation sites (tertiary alicyclic amines) is 1. The topological polar surface area (TPSA) is 96.2 Å². The summed E-state index contributed by atoms with van der Waals surface area (Å²) < 4.78 is 1.88. The molecule has 2 aliphatic carbocycles. The summed E-state index contributed by atoms with van der Waals surface area (Å²) in [7, 11) is 0. The molecule has 3 fully saturated rings. The molecule has 2 N–H and O–H groups in total. The van der Waals surface area contributed by atoms with Gasteiger partial charge >= 0.3 is 6.03 Å². The highest BCUT2D eigenvalue weighted by Gasteiger charge is 2.42. The average Bonchev–Trinajstić information content (AvgIpc) is 2.98. The highest BCUT2D eigenvalue weighted by atomic mass is 16.3. The lowest BCUT2D eigenvalue weighted by molar-refractivity contribution is 0.132. The Morgan fingerprint density at radius 1 is 1.17 bits per heavy atom. The van der Waals surface area contributed by atoms with Crippen molar-refractivity contribution in [2.75, 3.05) is 6.61 Å². The molecule has 2 atom stereocenters. The summed E-state index contributed by atoms with van der Waals surface area (Å²) >= 11 is 0. The number of carbonyl (C=O) groups is 1. The fourth-order valence-electron chi connectivity index (χ4n) is 3.94. The van der Waals surface area contributed by atoms with Gasteiger partial charge in [-0.25, -0.2) is 9.48 Å². The zero-order valence-electron chi connectivity index (χ0n) is 13.3. The zero-order chi connectivity index (χ0) is 15.8. The van der Waals surface area contributed by atoms with E-state index in [1.54, 1.807) is 4.90 Å². The maximum Gasteiger partial charge on any atom is 0.318 e. The summed E-state index contributed by atoms with van der Waals surface area (Å²) in [6.07, 6.45) is 8.25. The van der Waals surface area contributed by atoms with E-state index in [0.29, 0.717) is 6.04 Å². The molecule has 0 aromatic carbocycles.